The van der Waals surface area contributed by atoms with Crippen molar-refractivity contribution in [3.63, 3.8) is 0 Å². The van der Waals surface area contributed by atoms with Crippen LogP contribution in [-0.2, 0) is 0 Å². The van der Waals surface area contributed by atoms with Crippen molar-refractivity contribution in [2.75, 3.05) is 26.7 Å². The average Bonchev–Trinajstić information content (AvgIpc) is 2.79. The van der Waals surface area contributed by atoms with E-state index >= 15 is 0 Å². The molecule has 16 heavy (non-hydrogen) atoms. The average molecular weight is 216 g/mol. The lowest BCUT2D eigenvalue weighted by Gasteiger charge is -2.26. The highest BCUT2D eigenvalue weighted by Gasteiger charge is 2.43. The van der Waals surface area contributed by atoms with E-state index in [9.17, 15) is 0 Å². The number of likely N-dealkylation sites (tertiary alicyclic amines) is 1. The van der Waals surface area contributed by atoms with Crippen molar-refractivity contribution in [2.24, 2.45) is 11.8 Å². The maximum atomic E-state index is 3.54. The molecule has 1 N–H and O–H groups in total. The molecule has 0 spiro atoms. The van der Waals surface area contributed by atoms with E-state index in [4.69, 9.17) is 0 Å². The molecule has 3 rings (SSSR count). The summed E-state index contributed by atoms with van der Waals surface area (Å²) in [5.41, 5.74) is 2.97. The number of hydrogen-bond acceptors (Lipinski definition) is 2. The van der Waals surface area contributed by atoms with Crippen LogP contribution in [0.1, 0.15) is 17.2 Å². The highest BCUT2D eigenvalue weighted by atomic mass is 15.2. The number of hydrogen-bond donors (Lipinski definition) is 1. The third kappa shape index (κ3) is 1.48. The molecule has 2 heterocycles. The SMILES string of the molecule is Cc1ccccc1[C@@H]1[C@@H]2CNC[C@@H]2CN1C. The molecule has 2 fully saturated rings. The Hall–Kier alpha value is -0.860. The van der Waals surface area contributed by atoms with Crippen LogP contribution >= 0.6 is 0 Å². The number of rotatable bonds is 1. The molecular formula is C14H20N2. The van der Waals surface area contributed by atoms with Gasteiger partial charge in [-0.05, 0) is 43.5 Å². The number of nitrogens with zero attached hydrogens (tertiary/aromatic N) is 1. The van der Waals surface area contributed by atoms with Crippen LogP contribution in [0.15, 0.2) is 24.3 Å². The molecule has 2 nitrogen and oxygen atoms in total. The van der Waals surface area contributed by atoms with Gasteiger partial charge in [0.1, 0.15) is 0 Å². The van der Waals surface area contributed by atoms with E-state index in [1.165, 1.54) is 30.8 Å². The number of fused-ring (bicyclic) bond motifs is 1. The smallest absolute Gasteiger partial charge is 0.0391 e. The summed E-state index contributed by atoms with van der Waals surface area (Å²) in [7, 11) is 2.27. The van der Waals surface area contributed by atoms with Gasteiger partial charge in [0.25, 0.3) is 0 Å². The lowest BCUT2D eigenvalue weighted by Crippen LogP contribution is -2.26. The van der Waals surface area contributed by atoms with E-state index in [0.717, 1.165) is 11.8 Å². The fraction of sp³-hybridized carbons (Fsp3) is 0.571. The summed E-state index contributed by atoms with van der Waals surface area (Å²) in [4.78, 5) is 2.54. The Bertz CT molecular complexity index is 388. The van der Waals surface area contributed by atoms with Gasteiger partial charge in [0.15, 0.2) is 0 Å². The summed E-state index contributed by atoms with van der Waals surface area (Å²) >= 11 is 0. The fourth-order valence-corrected chi connectivity index (χ4v) is 3.52. The van der Waals surface area contributed by atoms with Crippen LogP contribution in [0, 0.1) is 18.8 Å². The van der Waals surface area contributed by atoms with Gasteiger partial charge < -0.3 is 5.32 Å². The molecule has 0 radical (unpaired) electrons. The minimum absolute atomic E-state index is 0.626. The molecule has 2 aliphatic heterocycles. The summed E-state index contributed by atoms with van der Waals surface area (Å²) in [5.74, 6) is 1.67. The van der Waals surface area contributed by atoms with E-state index in [1.54, 1.807) is 0 Å². The van der Waals surface area contributed by atoms with Crippen LogP contribution in [0.5, 0.6) is 0 Å². The quantitative estimate of drug-likeness (QED) is 0.770. The minimum atomic E-state index is 0.626. The lowest BCUT2D eigenvalue weighted by molar-refractivity contribution is 0.275. The first kappa shape index (κ1) is 10.3. The third-order valence-electron chi connectivity index (χ3n) is 4.30. The fourth-order valence-electron chi connectivity index (χ4n) is 3.52. The standard InChI is InChI=1S/C14H20N2/c1-10-5-3-4-6-12(10)14-13-8-15-7-11(13)9-16(14)2/h3-6,11,13-15H,7-9H2,1-2H3/t11-,13-,14-/m1/s1. The molecule has 1 aromatic carbocycles. The van der Waals surface area contributed by atoms with Crippen molar-refractivity contribution in [3.05, 3.63) is 35.4 Å². The van der Waals surface area contributed by atoms with Gasteiger partial charge in [-0.2, -0.15) is 0 Å². The second-order valence-corrected chi connectivity index (χ2v) is 5.32. The van der Waals surface area contributed by atoms with E-state index in [-0.39, 0.29) is 0 Å². The molecule has 3 atom stereocenters. The predicted molar refractivity (Wildman–Crippen MR) is 66.4 cm³/mol. The third-order valence-corrected chi connectivity index (χ3v) is 4.30. The van der Waals surface area contributed by atoms with E-state index in [2.05, 4.69) is 48.5 Å². The first-order valence-electron chi connectivity index (χ1n) is 6.24. The molecule has 0 saturated carbocycles. The normalized spacial score (nSPS) is 34.2. The largest absolute Gasteiger partial charge is 0.316 e. The molecule has 0 amide bonds. The maximum Gasteiger partial charge on any atom is 0.0391 e. The van der Waals surface area contributed by atoms with Crippen molar-refractivity contribution in [2.45, 2.75) is 13.0 Å². The second-order valence-electron chi connectivity index (χ2n) is 5.32. The molecule has 1 aromatic rings. The van der Waals surface area contributed by atoms with Crippen molar-refractivity contribution in [1.29, 1.82) is 0 Å². The zero-order chi connectivity index (χ0) is 11.1. The Morgan fingerprint density at radius 3 is 2.88 bits per heavy atom. The Balaban J connectivity index is 1.96. The molecule has 0 aliphatic carbocycles. The molecule has 2 aliphatic rings. The van der Waals surface area contributed by atoms with E-state index < -0.39 is 0 Å². The van der Waals surface area contributed by atoms with Gasteiger partial charge in [-0.15, -0.1) is 0 Å². The van der Waals surface area contributed by atoms with Crippen molar-refractivity contribution in [1.82, 2.24) is 10.2 Å². The Kier molecular flexibility index (Phi) is 2.49. The highest BCUT2D eigenvalue weighted by molar-refractivity contribution is 5.30. The van der Waals surface area contributed by atoms with Crippen LogP contribution in [0.4, 0.5) is 0 Å². The number of nitrogens with one attached hydrogen (secondary N) is 1. The molecule has 86 valence electrons. The molecular weight excluding hydrogens is 196 g/mol. The Labute approximate surface area is 97.6 Å². The van der Waals surface area contributed by atoms with Gasteiger partial charge in [-0.1, -0.05) is 24.3 Å². The second kappa shape index (κ2) is 3.86. The van der Waals surface area contributed by atoms with Crippen molar-refractivity contribution in [3.8, 4) is 0 Å². The molecule has 0 unspecified atom stereocenters. The summed E-state index contributed by atoms with van der Waals surface area (Å²) in [5, 5.41) is 3.54. The monoisotopic (exact) mass is 216 g/mol. The minimum Gasteiger partial charge on any atom is -0.316 e. The first-order chi connectivity index (χ1) is 7.77. The van der Waals surface area contributed by atoms with Gasteiger partial charge in [-0.3, -0.25) is 4.90 Å². The summed E-state index contributed by atoms with van der Waals surface area (Å²) in [6, 6.07) is 9.47. The van der Waals surface area contributed by atoms with Gasteiger partial charge in [-0.25, -0.2) is 0 Å². The molecule has 2 heteroatoms. The molecule has 0 aromatic heterocycles. The Morgan fingerprint density at radius 2 is 2.06 bits per heavy atom. The van der Waals surface area contributed by atoms with Gasteiger partial charge in [0, 0.05) is 19.1 Å². The van der Waals surface area contributed by atoms with Gasteiger partial charge in [0.2, 0.25) is 0 Å². The maximum absolute atomic E-state index is 3.54. The Morgan fingerprint density at radius 1 is 1.25 bits per heavy atom. The highest BCUT2D eigenvalue weighted by Crippen LogP contribution is 2.42. The zero-order valence-corrected chi connectivity index (χ0v) is 10.1. The zero-order valence-electron chi connectivity index (χ0n) is 10.1. The summed E-state index contributed by atoms with van der Waals surface area (Å²) in [6.07, 6.45) is 0. The predicted octanol–water partition coefficient (Wildman–Crippen LogP) is 1.82. The van der Waals surface area contributed by atoms with Gasteiger partial charge >= 0.3 is 0 Å². The van der Waals surface area contributed by atoms with Crippen molar-refractivity contribution >= 4 is 0 Å². The van der Waals surface area contributed by atoms with Crippen LogP contribution in [0.2, 0.25) is 0 Å². The number of aryl methyl sites for hydroxylation is 1. The van der Waals surface area contributed by atoms with Crippen molar-refractivity contribution < 1.29 is 0 Å². The van der Waals surface area contributed by atoms with Crippen LogP contribution in [-0.4, -0.2) is 31.6 Å². The molecule has 0 bridgehead atoms. The topological polar surface area (TPSA) is 15.3 Å². The summed E-state index contributed by atoms with van der Waals surface area (Å²) < 4.78 is 0. The van der Waals surface area contributed by atoms with Crippen LogP contribution in [0.25, 0.3) is 0 Å². The van der Waals surface area contributed by atoms with Crippen LogP contribution in [0.3, 0.4) is 0 Å². The number of benzene rings is 1. The summed E-state index contributed by atoms with van der Waals surface area (Å²) in [6.45, 7) is 5.88. The first-order valence-corrected chi connectivity index (χ1v) is 6.24. The van der Waals surface area contributed by atoms with E-state index in [1.807, 2.05) is 0 Å². The van der Waals surface area contributed by atoms with Crippen LogP contribution < -0.4 is 5.32 Å². The van der Waals surface area contributed by atoms with Gasteiger partial charge in [0.05, 0.1) is 0 Å². The lowest BCUT2D eigenvalue weighted by atomic mass is 9.88. The molecule has 2 saturated heterocycles. The van der Waals surface area contributed by atoms with E-state index in [0.29, 0.717) is 6.04 Å².